The third kappa shape index (κ3) is 5.55. The molecule has 0 atom stereocenters. The van der Waals surface area contributed by atoms with Crippen LogP contribution in [0.15, 0.2) is 41.4 Å². The maximum atomic E-state index is 12.4. The molecule has 29 heavy (non-hydrogen) atoms. The lowest BCUT2D eigenvalue weighted by molar-refractivity contribution is -0.116. The fraction of sp³-hybridized carbons (Fsp3) is 0.429. The number of piperidine rings is 1. The van der Waals surface area contributed by atoms with E-state index in [1.807, 2.05) is 19.9 Å². The van der Waals surface area contributed by atoms with Crippen LogP contribution in [0.4, 0.5) is 11.5 Å². The molecule has 1 saturated heterocycles. The Hall–Kier alpha value is -2.45. The molecule has 7 nitrogen and oxygen atoms in total. The fourth-order valence-corrected chi connectivity index (χ4v) is 4.44. The zero-order valence-electron chi connectivity index (χ0n) is 16.9. The topological polar surface area (TPSA) is 91.4 Å². The molecule has 1 aliphatic rings. The molecule has 2 N–H and O–H groups in total. The summed E-state index contributed by atoms with van der Waals surface area (Å²) >= 11 is 0. The molecule has 0 saturated carbocycles. The quantitative estimate of drug-likeness (QED) is 0.724. The lowest BCUT2D eigenvalue weighted by Gasteiger charge is -2.29. The molecule has 1 amide bonds. The van der Waals surface area contributed by atoms with Crippen LogP contribution in [0.2, 0.25) is 0 Å². The monoisotopic (exact) mass is 416 g/mol. The minimum atomic E-state index is -3.64. The van der Waals surface area contributed by atoms with Gasteiger partial charge in [0.25, 0.3) is 0 Å². The number of aromatic nitrogens is 1. The molecule has 1 aromatic heterocycles. The number of hydrogen-bond donors (Lipinski definition) is 2. The van der Waals surface area contributed by atoms with Gasteiger partial charge < -0.3 is 10.2 Å². The number of sulfonamides is 1. The van der Waals surface area contributed by atoms with Crippen molar-refractivity contribution in [2.24, 2.45) is 0 Å². The van der Waals surface area contributed by atoms with Gasteiger partial charge in [0, 0.05) is 32.3 Å². The molecule has 156 valence electrons. The van der Waals surface area contributed by atoms with Crippen LogP contribution >= 0.6 is 0 Å². The summed E-state index contributed by atoms with van der Waals surface area (Å²) in [5, 5.41) is 2.87. The van der Waals surface area contributed by atoms with Gasteiger partial charge in [-0.05, 0) is 68.5 Å². The molecule has 0 bridgehead atoms. The Kier molecular flexibility index (Phi) is 6.87. The van der Waals surface area contributed by atoms with E-state index in [1.54, 1.807) is 30.5 Å². The summed E-state index contributed by atoms with van der Waals surface area (Å²) in [6, 6.07) is 8.60. The summed E-state index contributed by atoms with van der Waals surface area (Å²) in [5.41, 5.74) is 2.60. The first-order valence-corrected chi connectivity index (χ1v) is 11.4. The van der Waals surface area contributed by atoms with Crippen molar-refractivity contribution >= 4 is 27.4 Å². The molecular formula is C21H28N4O3S. The Balaban J connectivity index is 1.57. The Morgan fingerprint density at radius 2 is 1.86 bits per heavy atom. The van der Waals surface area contributed by atoms with E-state index in [2.05, 4.69) is 19.9 Å². The summed E-state index contributed by atoms with van der Waals surface area (Å²) in [6.45, 7) is 5.68. The Labute approximate surface area is 172 Å². The van der Waals surface area contributed by atoms with Gasteiger partial charge >= 0.3 is 0 Å². The minimum Gasteiger partial charge on any atom is -0.355 e. The smallest absolute Gasteiger partial charge is 0.240 e. The van der Waals surface area contributed by atoms with Crippen LogP contribution in [0.5, 0.6) is 0 Å². The molecule has 2 aromatic rings. The molecule has 1 aromatic carbocycles. The predicted octanol–water partition coefficient (Wildman–Crippen LogP) is 3.00. The van der Waals surface area contributed by atoms with Crippen molar-refractivity contribution < 1.29 is 13.2 Å². The SMILES string of the molecule is Cc1ccc(S(=O)(=O)NCCC(=O)Nc2cccnc2N2CCCCC2)cc1C. The maximum absolute atomic E-state index is 12.4. The molecule has 1 aliphatic heterocycles. The molecule has 1 fully saturated rings. The number of nitrogens with zero attached hydrogens (tertiary/aromatic N) is 2. The highest BCUT2D eigenvalue weighted by molar-refractivity contribution is 7.89. The van der Waals surface area contributed by atoms with Gasteiger partial charge in [-0.1, -0.05) is 6.07 Å². The summed E-state index contributed by atoms with van der Waals surface area (Å²) in [6.07, 6.45) is 5.20. The number of benzene rings is 1. The Morgan fingerprint density at radius 3 is 2.59 bits per heavy atom. The number of carbonyl (C=O) groups excluding carboxylic acids is 1. The third-order valence-corrected chi connectivity index (χ3v) is 6.61. The summed E-state index contributed by atoms with van der Waals surface area (Å²) in [7, 11) is -3.64. The first-order chi connectivity index (χ1) is 13.9. The molecule has 0 radical (unpaired) electrons. The normalized spacial score (nSPS) is 14.6. The Bertz CT molecular complexity index is 970. The molecule has 0 unspecified atom stereocenters. The molecule has 8 heteroatoms. The fourth-order valence-electron chi connectivity index (χ4n) is 3.33. The number of nitrogens with one attached hydrogen (secondary N) is 2. The van der Waals surface area contributed by atoms with Gasteiger partial charge in [0.2, 0.25) is 15.9 Å². The van der Waals surface area contributed by atoms with Crippen LogP contribution in [0.25, 0.3) is 0 Å². The standard InChI is InChI=1S/C21H28N4O3S/c1-16-8-9-18(15-17(16)2)29(27,28)23-12-10-20(26)24-19-7-6-11-22-21(19)25-13-4-3-5-14-25/h6-9,11,15,23H,3-5,10,12-14H2,1-2H3,(H,24,26). The average molecular weight is 417 g/mol. The second-order valence-electron chi connectivity index (χ2n) is 7.36. The highest BCUT2D eigenvalue weighted by Gasteiger charge is 2.18. The summed E-state index contributed by atoms with van der Waals surface area (Å²) < 4.78 is 27.4. The van der Waals surface area contributed by atoms with Gasteiger partial charge in [-0.25, -0.2) is 18.1 Å². The lowest BCUT2D eigenvalue weighted by atomic mass is 10.1. The van der Waals surface area contributed by atoms with E-state index < -0.39 is 10.0 Å². The van der Waals surface area contributed by atoms with Crippen LogP contribution < -0.4 is 14.9 Å². The van der Waals surface area contributed by atoms with E-state index in [-0.39, 0.29) is 23.8 Å². The second kappa shape index (κ2) is 9.37. The van der Waals surface area contributed by atoms with E-state index in [1.165, 1.54) is 6.42 Å². The summed E-state index contributed by atoms with van der Waals surface area (Å²) in [5.74, 6) is 0.523. The van der Waals surface area contributed by atoms with Crippen molar-refractivity contribution in [1.29, 1.82) is 0 Å². The highest BCUT2D eigenvalue weighted by atomic mass is 32.2. The van der Waals surface area contributed by atoms with E-state index in [0.29, 0.717) is 5.69 Å². The van der Waals surface area contributed by atoms with Gasteiger partial charge in [-0.15, -0.1) is 0 Å². The van der Waals surface area contributed by atoms with E-state index in [0.717, 1.165) is 42.9 Å². The highest BCUT2D eigenvalue weighted by Crippen LogP contribution is 2.25. The lowest BCUT2D eigenvalue weighted by Crippen LogP contribution is -2.31. The zero-order valence-corrected chi connectivity index (χ0v) is 17.8. The number of hydrogen-bond acceptors (Lipinski definition) is 5. The summed E-state index contributed by atoms with van der Waals surface area (Å²) in [4.78, 5) is 19.2. The van der Waals surface area contributed by atoms with Crippen LogP contribution in [-0.2, 0) is 14.8 Å². The zero-order chi connectivity index (χ0) is 20.9. The number of rotatable bonds is 7. The van der Waals surface area contributed by atoms with Gasteiger partial charge in [-0.2, -0.15) is 0 Å². The van der Waals surface area contributed by atoms with Crippen molar-refractivity contribution in [2.45, 2.75) is 44.4 Å². The third-order valence-electron chi connectivity index (χ3n) is 5.15. The number of anilines is 2. The van der Waals surface area contributed by atoms with Gasteiger partial charge in [0.1, 0.15) is 0 Å². The number of aryl methyl sites for hydroxylation is 2. The van der Waals surface area contributed by atoms with Gasteiger partial charge in [0.15, 0.2) is 5.82 Å². The van der Waals surface area contributed by atoms with Crippen LogP contribution in [0.1, 0.15) is 36.8 Å². The van der Waals surface area contributed by atoms with E-state index in [4.69, 9.17) is 0 Å². The number of pyridine rings is 1. The van der Waals surface area contributed by atoms with Crippen LogP contribution in [-0.4, -0.2) is 38.9 Å². The second-order valence-corrected chi connectivity index (χ2v) is 9.13. The molecule has 0 aliphatic carbocycles. The van der Waals surface area contributed by atoms with E-state index >= 15 is 0 Å². The first kappa shape index (κ1) is 21.3. The van der Waals surface area contributed by atoms with E-state index in [9.17, 15) is 13.2 Å². The molecule has 2 heterocycles. The minimum absolute atomic E-state index is 0.0282. The number of carbonyl (C=O) groups is 1. The van der Waals surface area contributed by atoms with Crippen molar-refractivity contribution in [3.05, 3.63) is 47.7 Å². The largest absolute Gasteiger partial charge is 0.355 e. The van der Waals surface area contributed by atoms with Crippen molar-refractivity contribution in [3.63, 3.8) is 0 Å². The first-order valence-electron chi connectivity index (χ1n) is 9.93. The molecule has 3 rings (SSSR count). The van der Waals surface area contributed by atoms with Crippen molar-refractivity contribution in [1.82, 2.24) is 9.71 Å². The molecular weight excluding hydrogens is 388 g/mol. The van der Waals surface area contributed by atoms with Gasteiger partial charge in [0.05, 0.1) is 10.6 Å². The van der Waals surface area contributed by atoms with Crippen LogP contribution in [0, 0.1) is 13.8 Å². The molecule has 0 spiro atoms. The Morgan fingerprint density at radius 1 is 1.10 bits per heavy atom. The predicted molar refractivity (Wildman–Crippen MR) is 115 cm³/mol. The maximum Gasteiger partial charge on any atom is 0.240 e. The average Bonchev–Trinajstić information content (AvgIpc) is 2.71. The number of amides is 1. The van der Waals surface area contributed by atoms with Crippen molar-refractivity contribution in [2.75, 3.05) is 29.9 Å². The van der Waals surface area contributed by atoms with Gasteiger partial charge in [-0.3, -0.25) is 4.79 Å². The van der Waals surface area contributed by atoms with Crippen LogP contribution in [0.3, 0.4) is 0 Å². The van der Waals surface area contributed by atoms with Crippen molar-refractivity contribution in [3.8, 4) is 0 Å².